The number of aromatic nitrogens is 1. The van der Waals surface area contributed by atoms with Crippen LogP contribution in [0.3, 0.4) is 0 Å². The molecule has 1 rings (SSSR count). The lowest BCUT2D eigenvalue weighted by atomic mass is 10.2. The molecular weight excluding hydrogens is 192 g/mol. The quantitative estimate of drug-likeness (QED) is 0.729. The molecule has 0 fully saturated rings. The third-order valence-electron chi connectivity index (χ3n) is 2.09. The number of carboxylic acids is 1. The Morgan fingerprint density at radius 3 is 2.87 bits per heavy atom. The fourth-order valence-corrected chi connectivity index (χ4v) is 1.25. The Morgan fingerprint density at radius 2 is 2.27 bits per heavy atom. The predicted octanol–water partition coefficient (Wildman–Crippen LogP) is 2.30. The van der Waals surface area contributed by atoms with Crippen LogP contribution in [0.5, 0.6) is 0 Å². The number of carboxylic acid groups (broad SMARTS) is 1. The predicted molar refractivity (Wildman–Crippen MR) is 59.3 cm³/mol. The largest absolute Gasteiger partial charge is 0.478 e. The van der Waals surface area contributed by atoms with Gasteiger partial charge >= 0.3 is 5.97 Å². The number of unbranched alkanes of at least 4 members (excludes halogenated alkanes) is 1. The van der Waals surface area contributed by atoms with Crippen LogP contribution >= 0.6 is 0 Å². The summed E-state index contributed by atoms with van der Waals surface area (Å²) in [5.41, 5.74) is 1.05. The Bertz CT molecular complexity index is 350. The topological polar surface area (TPSA) is 62.2 Å². The highest BCUT2D eigenvalue weighted by Gasteiger charge is 2.10. The number of pyridine rings is 1. The molecule has 0 aliphatic rings. The summed E-state index contributed by atoms with van der Waals surface area (Å²) in [5.74, 6) is -0.475. The summed E-state index contributed by atoms with van der Waals surface area (Å²) in [5, 5.41) is 12.0. The van der Waals surface area contributed by atoms with Gasteiger partial charge in [0.1, 0.15) is 11.4 Å². The number of aromatic carboxylic acids is 1. The monoisotopic (exact) mass is 208 g/mol. The molecule has 0 aliphatic heterocycles. The average Bonchev–Trinajstić information content (AvgIpc) is 2.18. The zero-order valence-electron chi connectivity index (χ0n) is 9.08. The molecule has 0 amide bonds. The normalized spacial score (nSPS) is 10.0. The smallest absolute Gasteiger partial charge is 0.339 e. The highest BCUT2D eigenvalue weighted by molar-refractivity contribution is 5.93. The zero-order valence-corrected chi connectivity index (χ0v) is 9.08. The number of anilines is 1. The summed E-state index contributed by atoms with van der Waals surface area (Å²) < 4.78 is 0. The standard InChI is InChI=1S/C11H16N2O2/c1-3-4-7-12-10-9(11(14)15)6-5-8(2)13-10/h5-6H,3-4,7H2,1-2H3,(H,12,13)(H,14,15). The Balaban J connectivity index is 2.82. The molecule has 0 spiro atoms. The minimum Gasteiger partial charge on any atom is -0.478 e. The number of aryl methyl sites for hydroxylation is 1. The van der Waals surface area contributed by atoms with Crippen molar-refractivity contribution in [1.29, 1.82) is 0 Å². The first-order valence-electron chi connectivity index (χ1n) is 5.10. The van der Waals surface area contributed by atoms with E-state index in [2.05, 4.69) is 17.2 Å². The fourth-order valence-electron chi connectivity index (χ4n) is 1.25. The van der Waals surface area contributed by atoms with Gasteiger partial charge in [0, 0.05) is 12.2 Å². The number of nitrogens with zero attached hydrogens (tertiary/aromatic N) is 1. The molecule has 82 valence electrons. The van der Waals surface area contributed by atoms with Crippen molar-refractivity contribution in [1.82, 2.24) is 4.98 Å². The van der Waals surface area contributed by atoms with Gasteiger partial charge in [-0.1, -0.05) is 13.3 Å². The van der Waals surface area contributed by atoms with Crippen LogP contribution in [0.1, 0.15) is 35.8 Å². The van der Waals surface area contributed by atoms with Crippen molar-refractivity contribution >= 4 is 11.8 Å². The Hall–Kier alpha value is -1.58. The van der Waals surface area contributed by atoms with E-state index in [4.69, 9.17) is 5.11 Å². The SMILES string of the molecule is CCCCNc1nc(C)ccc1C(=O)O. The molecule has 4 heteroatoms. The maximum Gasteiger partial charge on any atom is 0.339 e. The van der Waals surface area contributed by atoms with Gasteiger partial charge in [0.2, 0.25) is 0 Å². The summed E-state index contributed by atoms with van der Waals surface area (Å²) in [4.78, 5) is 15.1. The van der Waals surface area contributed by atoms with Crippen LogP contribution in [-0.4, -0.2) is 22.6 Å². The molecule has 0 aromatic carbocycles. The van der Waals surface area contributed by atoms with Crippen molar-refractivity contribution in [3.05, 3.63) is 23.4 Å². The van der Waals surface area contributed by atoms with Gasteiger partial charge in [-0.3, -0.25) is 0 Å². The lowest BCUT2D eigenvalue weighted by molar-refractivity contribution is 0.0697. The first-order chi connectivity index (χ1) is 7.15. The van der Waals surface area contributed by atoms with E-state index in [-0.39, 0.29) is 5.56 Å². The second-order valence-corrected chi connectivity index (χ2v) is 3.43. The van der Waals surface area contributed by atoms with E-state index in [1.807, 2.05) is 6.92 Å². The van der Waals surface area contributed by atoms with Gasteiger partial charge < -0.3 is 10.4 Å². The number of nitrogens with one attached hydrogen (secondary N) is 1. The molecule has 0 radical (unpaired) electrons. The molecule has 0 bridgehead atoms. The number of hydrogen-bond acceptors (Lipinski definition) is 3. The molecule has 1 heterocycles. The Labute approximate surface area is 89.3 Å². The van der Waals surface area contributed by atoms with E-state index < -0.39 is 5.97 Å². The van der Waals surface area contributed by atoms with Crippen molar-refractivity contribution in [2.45, 2.75) is 26.7 Å². The summed E-state index contributed by atoms with van der Waals surface area (Å²) in [6, 6.07) is 3.29. The minimum absolute atomic E-state index is 0.233. The van der Waals surface area contributed by atoms with E-state index in [0.29, 0.717) is 5.82 Å². The molecule has 1 aromatic rings. The molecule has 4 nitrogen and oxygen atoms in total. The molecule has 0 saturated heterocycles. The van der Waals surface area contributed by atoms with Crippen LogP contribution < -0.4 is 5.32 Å². The minimum atomic E-state index is -0.943. The average molecular weight is 208 g/mol. The second-order valence-electron chi connectivity index (χ2n) is 3.43. The number of rotatable bonds is 5. The van der Waals surface area contributed by atoms with Crippen LogP contribution in [0.15, 0.2) is 12.1 Å². The Kier molecular flexibility index (Phi) is 4.09. The summed E-state index contributed by atoms with van der Waals surface area (Å²) >= 11 is 0. The fraction of sp³-hybridized carbons (Fsp3) is 0.455. The molecule has 1 aromatic heterocycles. The summed E-state index contributed by atoms with van der Waals surface area (Å²) in [6.45, 7) is 4.69. The van der Waals surface area contributed by atoms with Gasteiger partial charge in [0.25, 0.3) is 0 Å². The maximum absolute atomic E-state index is 10.9. The van der Waals surface area contributed by atoms with Crippen LogP contribution in [0, 0.1) is 6.92 Å². The summed E-state index contributed by atoms with van der Waals surface area (Å²) in [6.07, 6.45) is 2.08. The first-order valence-corrected chi connectivity index (χ1v) is 5.10. The van der Waals surface area contributed by atoms with Gasteiger partial charge in [-0.05, 0) is 25.5 Å². The van der Waals surface area contributed by atoms with E-state index in [9.17, 15) is 4.79 Å². The van der Waals surface area contributed by atoms with E-state index in [1.54, 1.807) is 12.1 Å². The number of carbonyl (C=O) groups is 1. The van der Waals surface area contributed by atoms with E-state index >= 15 is 0 Å². The van der Waals surface area contributed by atoms with Crippen molar-refractivity contribution in [2.24, 2.45) is 0 Å². The van der Waals surface area contributed by atoms with Crippen molar-refractivity contribution in [3.8, 4) is 0 Å². The van der Waals surface area contributed by atoms with Crippen molar-refractivity contribution in [2.75, 3.05) is 11.9 Å². The third-order valence-corrected chi connectivity index (χ3v) is 2.09. The van der Waals surface area contributed by atoms with Crippen molar-refractivity contribution < 1.29 is 9.90 Å². The lowest BCUT2D eigenvalue weighted by Crippen LogP contribution is -2.10. The molecular formula is C11H16N2O2. The van der Waals surface area contributed by atoms with Gasteiger partial charge in [-0.2, -0.15) is 0 Å². The van der Waals surface area contributed by atoms with Gasteiger partial charge in [0.05, 0.1) is 0 Å². The van der Waals surface area contributed by atoms with Crippen LogP contribution in [0.4, 0.5) is 5.82 Å². The van der Waals surface area contributed by atoms with Crippen LogP contribution in [0.2, 0.25) is 0 Å². The summed E-state index contributed by atoms with van der Waals surface area (Å²) in [7, 11) is 0. The van der Waals surface area contributed by atoms with Crippen LogP contribution in [-0.2, 0) is 0 Å². The maximum atomic E-state index is 10.9. The molecule has 2 N–H and O–H groups in total. The molecule has 0 atom stereocenters. The third kappa shape index (κ3) is 3.23. The molecule has 0 aliphatic carbocycles. The van der Waals surface area contributed by atoms with Gasteiger partial charge in [0.15, 0.2) is 0 Å². The highest BCUT2D eigenvalue weighted by atomic mass is 16.4. The molecule has 0 saturated carbocycles. The Morgan fingerprint density at radius 1 is 1.53 bits per heavy atom. The van der Waals surface area contributed by atoms with Gasteiger partial charge in [-0.25, -0.2) is 9.78 Å². The van der Waals surface area contributed by atoms with Crippen LogP contribution in [0.25, 0.3) is 0 Å². The first kappa shape index (κ1) is 11.5. The second kappa shape index (κ2) is 5.34. The van der Waals surface area contributed by atoms with Crippen molar-refractivity contribution in [3.63, 3.8) is 0 Å². The highest BCUT2D eigenvalue weighted by Crippen LogP contribution is 2.13. The molecule has 0 unspecified atom stereocenters. The van der Waals surface area contributed by atoms with E-state index in [0.717, 1.165) is 25.1 Å². The molecule has 15 heavy (non-hydrogen) atoms. The number of hydrogen-bond donors (Lipinski definition) is 2. The van der Waals surface area contributed by atoms with E-state index in [1.165, 1.54) is 0 Å². The lowest BCUT2D eigenvalue weighted by Gasteiger charge is -2.08. The van der Waals surface area contributed by atoms with Gasteiger partial charge in [-0.15, -0.1) is 0 Å². The zero-order chi connectivity index (χ0) is 11.3.